The Morgan fingerprint density at radius 3 is 2.74 bits per heavy atom. The fourth-order valence-corrected chi connectivity index (χ4v) is 2.28. The van der Waals surface area contributed by atoms with E-state index in [0.29, 0.717) is 35.0 Å². The summed E-state index contributed by atoms with van der Waals surface area (Å²) in [6.45, 7) is 1.62. The summed E-state index contributed by atoms with van der Waals surface area (Å²) in [5.41, 5.74) is 1.54. The number of nitro groups is 1. The van der Waals surface area contributed by atoms with E-state index in [1.54, 1.807) is 52.6 Å². The lowest BCUT2D eigenvalue weighted by Gasteiger charge is -2.06. The molecule has 0 radical (unpaired) electrons. The lowest BCUT2D eigenvalue weighted by molar-refractivity contribution is -0.386. The first-order chi connectivity index (χ1) is 11.0. The lowest BCUT2D eigenvalue weighted by atomic mass is 10.2. The molecule has 1 aromatic heterocycles. The maximum absolute atomic E-state index is 11.1. The first-order valence-electron chi connectivity index (χ1n) is 6.89. The number of ether oxygens (including phenoxy) is 2. The van der Waals surface area contributed by atoms with Crippen LogP contribution in [0.3, 0.4) is 0 Å². The fourth-order valence-electron chi connectivity index (χ4n) is 2.28. The Hall–Kier alpha value is -2.90. The van der Waals surface area contributed by atoms with E-state index in [-0.39, 0.29) is 5.69 Å². The normalized spacial score (nSPS) is 11.0. The molecule has 8 heteroatoms. The second-order valence-corrected chi connectivity index (χ2v) is 4.82. The highest BCUT2D eigenvalue weighted by molar-refractivity contribution is 5.70. The van der Waals surface area contributed by atoms with E-state index in [0.717, 1.165) is 0 Å². The van der Waals surface area contributed by atoms with Gasteiger partial charge in [0, 0.05) is 25.7 Å². The lowest BCUT2D eigenvalue weighted by Crippen LogP contribution is -2.01. The zero-order valence-corrected chi connectivity index (χ0v) is 13.4. The van der Waals surface area contributed by atoms with Crippen molar-refractivity contribution in [1.82, 2.24) is 9.78 Å². The molecule has 0 spiro atoms. The van der Waals surface area contributed by atoms with Gasteiger partial charge in [0.1, 0.15) is 28.6 Å². The van der Waals surface area contributed by atoms with Crippen molar-refractivity contribution < 1.29 is 14.4 Å². The van der Waals surface area contributed by atoms with Gasteiger partial charge in [-0.2, -0.15) is 5.10 Å². The summed E-state index contributed by atoms with van der Waals surface area (Å²) in [5, 5.41) is 15.2. The Morgan fingerprint density at radius 1 is 1.39 bits per heavy atom. The number of aryl methyl sites for hydroxylation is 2. The van der Waals surface area contributed by atoms with E-state index >= 15 is 0 Å². The number of hydrogen-bond donors (Lipinski definition) is 0. The smallest absolute Gasteiger partial charge is 0.313 e. The average Bonchev–Trinajstić information content (AvgIpc) is 2.81. The summed E-state index contributed by atoms with van der Waals surface area (Å²) >= 11 is 0. The van der Waals surface area contributed by atoms with Crippen molar-refractivity contribution in [2.24, 2.45) is 12.0 Å². The molecule has 0 bridgehead atoms. The van der Waals surface area contributed by atoms with Crippen molar-refractivity contribution in [3.05, 3.63) is 39.7 Å². The second kappa shape index (κ2) is 6.91. The van der Waals surface area contributed by atoms with Crippen LogP contribution < -0.4 is 9.47 Å². The van der Waals surface area contributed by atoms with Crippen LogP contribution in [0.15, 0.2) is 23.2 Å². The van der Waals surface area contributed by atoms with E-state index < -0.39 is 4.92 Å². The molecule has 0 atom stereocenters. The average molecular weight is 318 g/mol. The summed E-state index contributed by atoms with van der Waals surface area (Å²) in [4.78, 5) is 15.0. The van der Waals surface area contributed by atoms with Gasteiger partial charge in [-0.15, -0.1) is 0 Å². The maximum atomic E-state index is 11.1. The Labute approximate surface area is 133 Å². The number of aliphatic imine (C=N–C) groups is 1. The minimum Gasteiger partial charge on any atom is -0.497 e. The molecule has 8 nitrogen and oxygen atoms in total. The molecule has 0 amide bonds. The summed E-state index contributed by atoms with van der Waals surface area (Å²) in [6, 6.07) is 5.26. The van der Waals surface area contributed by atoms with Gasteiger partial charge in [0.05, 0.1) is 19.1 Å². The predicted molar refractivity (Wildman–Crippen MR) is 86.0 cm³/mol. The molecule has 0 fully saturated rings. The molecule has 0 aliphatic carbocycles. The highest BCUT2D eigenvalue weighted by Gasteiger charge is 2.22. The van der Waals surface area contributed by atoms with Crippen LogP contribution >= 0.6 is 0 Å². The third kappa shape index (κ3) is 3.47. The van der Waals surface area contributed by atoms with Crippen LogP contribution in [0.4, 0.5) is 11.4 Å². The summed E-state index contributed by atoms with van der Waals surface area (Å²) in [6.07, 6.45) is 1.90. The zero-order valence-electron chi connectivity index (χ0n) is 13.4. The Bertz CT molecular complexity index is 752. The third-order valence-electron chi connectivity index (χ3n) is 3.39. The quantitative estimate of drug-likeness (QED) is 0.464. The molecule has 2 rings (SSSR count). The monoisotopic (exact) mass is 318 g/mol. The van der Waals surface area contributed by atoms with E-state index in [4.69, 9.17) is 9.47 Å². The Morgan fingerprint density at radius 2 is 2.13 bits per heavy atom. The van der Waals surface area contributed by atoms with E-state index in [2.05, 4.69) is 10.1 Å². The number of benzene rings is 1. The van der Waals surface area contributed by atoms with Gasteiger partial charge >= 0.3 is 5.69 Å². The second-order valence-electron chi connectivity index (χ2n) is 4.82. The number of nitrogens with zero attached hydrogens (tertiary/aromatic N) is 4. The van der Waals surface area contributed by atoms with Crippen LogP contribution in [0.2, 0.25) is 0 Å². The molecule has 0 unspecified atom stereocenters. The molecular weight excluding hydrogens is 300 g/mol. The molecule has 0 saturated heterocycles. The van der Waals surface area contributed by atoms with Crippen molar-refractivity contribution in [3.8, 4) is 11.5 Å². The number of methoxy groups -OCH3 is 2. The van der Waals surface area contributed by atoms with Crippen molar-refractivity contribution >= 4 is 17.6 Å². The van der Waals surface area contributed by atoms with Crippen LogP contribution in [0.5, 0.6) is 11.5 Å². The van der Waals surface area contributed by atoms with Gasteiger partial charge in [0.15, 0.2) is 0 Å². The highest BCUT2D eigenvalue weighted by Crippen LogP contribution is 2.31. The molecular formula is C15H18N4O4. The van der Waals surface area contributed by atoms with Gasteiger partial charge in [-0.1, -0.05) is 0 Å². The topological polar surface area (TPSA) is 91.8 Å². The van der Waals surface area contributed by atoms with Crippen LogP contribution in [0, 0.1) is 17.0 Å². The van der Waals surface area contributed by atoms with Crippen LogP contribution in [-0.2, 0) is 13.5 Å². The molecule has 23 heavy (non-hydrogen) atoms. The maximum Gasteiger partial charge on any atom is 0.313 e. The molecule has 1 aromatic carbocycles. The Balaban J connectivity index is 2.25. The van der Waals surface area contributed by atoms with Gasteiger partial charge < -0.3 is 9.47 Å². The van der Waals surface area contributed by atoms with Crippen LogP contribution in [0.25, 0.3) is 0 Å². The van der Waals surface area contributed by atoms with Gasteiger partial charge in [-0.25, -0.2) is 0 Å². The SMILES string of the molecule is COc1ccc(N=CCc2c([N+](=O)[O-])c(C)nn2C)c(OC)c1. The Kier molecular flexibility index (Phi) is 4.95. The minimum absolute atomic E-state index is 0.0284. The molecule has 0 N–H and O–H groups in total. The van der Waals surface area contributed by atoms with Crippen molar-refractivity contribution in [1.29, 1.82) is 0 Å². The van der Waals surface area contributed by atoms with Gasteiger partial charge in [-0.3, -0.25) is 19.8 Å². The van der Waals surface area contributed by atoms with E-state index in [1.165, 1.54) is 4.68 Å². The van der Waals surface area contributed by atoms with Crippen molar-refractivity contribution in [2.75, 3.05) is 14.2 Å². The molecule has 0 aliphatic rings. The van der Waals surface area contributed by atoms with E-state index in [9.17, 15) is 10.1 Å². The van der Waals surface area contributed by atoms with E-state index in [1.807, 2.05) is 0 Å². The summed E-state index contributed by atoms with van der Waals surface area (Å²) < 4.78 is 11.9. The largest absolute Gasteiger partial charge is 0.497 e. The zero-order chi connectivity index (χ0) is 17.0. The fraction of sp³-hybridized carbons (Fsp3) is 0.333. The van der Waals surface area contributed by atoms with Crippen molar-refractivity contribution in [2.45, 2.75) is 13.3 Å². The third-order valence-corrected chi connectivity index (χ3v) is 3.39. The van der Waals surface area contributed by atoms with Crippen LogP contribution in [0.1, 0.15) is 11.4 Å². The molecule has 0 saturated carbocycles. The summed E-state index contributed by atoms with van der Waals surface area (Å²) in [7, 11) is 4.79. The molecule has 2 aromatic rings. The number of hydrogen-bond acceptors (Lipinski definition) is 6. The first kappa shape index (κ1) is 16.5. The number of aromatic nitrogens is 2. The van der Waals surface area contributed by atoms with Crippen LogP contribution in [-0.4, -0.2) is 35.1 Å². The predicted octanol–water partition coefficient (Wildman–Crippen LogP) is 2.60. The molecule has 122 valence electrons. The molecule has 0 aliphatic heterocycles. The highest BCUT2D eigenvalue weighted by atomic mass is 16.6. The molecule has 1 heterocycles. The number of rotatable bonds is 6. The summed E-state index contributed by atoms with van der Waals surface area (Å²) in [5.74, 6) is 1.23. The van der Waals surface area contributed by atoms with Crippen molar-refractivity contribution in [3.63, 3.8) is 0 Å². The first-order valence-corrected chi connectivity index (χ1v) is 6.89. The van der Waals surface area contributed by atoms with Gasteiger partial charge in [0.25, 0.3) is 0 Å². The standard InChI is InChI=1S/C15H18N4O4/c1-10-15(19(20)21)13(18(2)17-10)7-8-16-12-6-5-11(22-3)9-14(12)23-4/h5-6,8-9H,7H2,1-4H3. The van der Waals surface area contributed by atoms with Gasteiger partial charge in [-0.05, 0) is 19.1 Å². The van der Waals surface area contributed by atoms with Gasteiger partial charge in [0.2, 0.25) is 0 Å². The minimum atomic E-state index is -0.417.